The van der Waals surface area contributed by atoms with Crippen molar-refractivity contribution >= 4 is 6.29 Å². The largest absolute Gasteiger partial charge is 0.461 e. The SMILES string of the molecule is O=Cc1occc1CN1CCCCC1. The Hall–Kier alpha value is -1.09. The van der Waals surface area contributed by atoms with Crippen molar-refractivity contribution in [2.75, 3.05) is 13.1 Å². The van der Waals surface area contributed by atoms with Crippen LogP contribution >= 0.6 is 0 Å². The highest BCUT2D eigenvalue weighted by atomic mass is 16.3. The third-order valence-corrected chi connectivity index (χ3v) is 2.73. The van der Waals surface area contributed by atoms with Crippen LogP contribution in [-0.4, -0.2) is 24.3 Å². The first kappa shape index (κ1) is 9.46. The molecule has 0 saturated carbocycles. The van der Waals surface area contributed by atoms with Gasteiger partial charge in [0, 0.05) is 12.1 Å². The molecule has 2 rings (SSSR count). The molecule has 1 aliphatic rings. The third-order valence-electron chi connectivity index (χ3n) is 2.73. The number of nitrogens with zero attached hydrogens (tertiary/aromatic N) is 1. The van der Waals surface area contributed by atoms with Gasteiger partial charge in [-0.15, -0.1) is 0 Å². The van der Waals surface area contributed by atoms with Gasteiger partial charge in [-0.1, -0.05) is 6.42 Å². The highest BCUT2D eigenvalue weighted by Gasteiger charge is 2.13. The van der Waals surface area contributed by atoms with Gasteiger partial charge in [-0.05, 0) is 32.0 Å². The summed E-state index contributed by atoms with van der Waals surface area (Å²) >= 11 is 0. The number of hydrogen-bond acceptors (Lipinski definition) is 3. The summed E-state index contributed by atoms with van der Waals surface area (Å²) in [7, 11) is 0. The Labute approximate surface area is 83.7 Å². The summed E-state index contributed by atoms with van der Waals surface area (Å²) in [6.07, 6.45) is 6.26. The van der Waals surface area contributed by atoms with E-state index in [-0.39, 0.29) is 0 Å². The second-order valence-electron chi connectivity index (χ2n) is 3.76. The van der Waals surface area contributed by atoms with Crippen LogP contribution in [0.5, 0.6) is 0 Å². The summed E-state index contributed by atoms with van der Waals surface area (Å²) < 4.78 is 5.06. The van der Waals surface area contributed by atoms with E-state index in [0.717, 1.165) is 31.5 Å². The Morgan fingerprint density at radius 3 is 2.86 bits per heavy atom. The van der Waals surface area contributed by atoms with Crippen LogP contribution in [0.15, 0.2) is 16.7 Å². The molecule has 3 heteroatoms. The van der Waals surface area contributed by atoms with Gasteiger partial charge in [-0.3, -0.25) is 9.69 Å². The molecule has 76 valence electrons. The molecule has 0 unspecified atom stereocenters. The number of carbonyl (C=O) groups is 1. The molecular formula is C11H15NO2. The number of likely N-dealkylation sites (tertiary alicyclic amines) is 1. The molecule has 1 aliphatic heterocycles. The molecule has 0 spiro atoms. The molecule has 0 aromatic carbocycles. The molecule has 1 fully saturated rings. The van der Waals surface area contributed by atoms with Crippen molar-refractivity contribution < 1.29 is 9.21 Å². The topological polar surface area (TPSA) is 33.5 Å². The van der Waals surface area contributed by atoms with E-state index in [1.54, 1.807) is 6.26 Å². The zero-order chi connectivity index (χ0) is 9.80. The van der Waals surface area contributed by atoms with Crippen LogP contribution in [0.4, 0.5) is 0 Å². The number of hydrogen-bond donors (Lipinski definition) is 0. The first-order chi connectivity index (χ1) is 6.90. The third kappa shape index (κ3) is 2.04. The molecule has 3 nitrogen and oxygen atoms in total. The van der Waals surface area contributed by atoms with Gasteiger partial charge in [0.15, 0.2) is 12.0 Å². The predicted molar refractivity (Wildman–Crippen MR) is 53.2 cm³/mol. The quantitative estimate of drug-likeness (QED) is 0.689. The first-order valence-electron chi connectivity index (χ1n) is 5.14. The minimum Gasteiger partial charge on any atom is -0.461 e. The van der Waals surface area contributed by atoms with Gasteiger partial charge < -0.3 is 4.42 Å². The summed E-state index contributed by atoms with van der Waals surface area (Å²) in [4.78, 5) is 13.0. The Kier molecular flexibility index (Phi) is 2.99. The molecule has 14 heavy (non-hydrogen) atoms. The van der Waals surface area contributed by atoms with Crippen LogP contribution in [0.3, 0.4) is 0 Å². The highest BCUT2D eigenvalue weighted by Crippen LogP contribution is 2.15. The van der Waals surface area contributed by atoms with Crippen LogP contribution in [0, 0.1) is 0 Å². The molecule has 0 atom stereocenters. The number of piperidine rings is 1. The van der Waals surface area contributed by atoms with Gasteiger partial charge in [0.25, 0.3) is 0 Å². The summed E-state index contributed by atoms with van der Waals surface area (Å²) in [5.41, 5.74) is 1.02. The molecule has 1 aromatic heterocycles. The number of carbonyl (C=O) groups excluding carboxylic acids is 1. The van der Waals surface area contributed by atoms with Crippen LogP contribution in [0.1, 0.15) is 35.4 Å². The Morgan fingerprint density at radius 1 is 1.36 bits per heavy atom. The molecule has 2 heterocycles. The van der Waals surface area contributed by atoms with E-state index in [4.69, 9.17) is 4.42 Å². The fourth-order valence-electron chi connectivity index (χ4n) is 1.94. The average Bonchev–Trinajstić information content (AvgIpc) is 2.67. The van der Waals surface area contributed by atoms with Gasteiger partial charge in [0.05, 0.1) is 6.26 Å². The zero-order valence-electron chi connectivity index (χ0n) is 8.24. The van der Waals surface area contributed by atoms with E-state index >= 15 is 0 Å². The maximum Gasteiger partial charge on any atom is 0.185 e. The Balaban J connectivity index is 1.98. The van der Waals surface area contributed by atoms with Crippen molar-refractivity contribution in [2.24, 2.45) is 0 Å². The van der Waals surface area contributed by atoms with Gasteiger partial charge in [-0.2, -0.15) is 0 Å². The molecule has 1 saturated heterocycles. The average molecular weight is 193 g/mol. The van der Waals surface area contributed by atoms with E-state index in [2.05, 4.69) is 4.90 Å². The van der Waals surface area contributed by atoms with E-state index in [1.807, 2.05) is 6.07 Å². The van der Waals surface area contributed by atoms with Crippen LogP contribution in [0.2, 0.25) is 0 Å². The van der Waals surface area contributed by atoms with Crippen molar-refractivity contribution in [1.29, 1.82) is 0 Å². The van der Waals surface area contributed by atoms with Crippen molar-refractivity contribution in [2.45, 2.75) is 25.8 Å². The van der Waals surface area contributed by atoms with Gasteiger partial charge in [0.2, 0.25) is 0 Å². The lowest BCUT2D eigenvalue weighted by Crippen LogP contribution is -2.29. The molecule has 0 radical (unpaired) electrons. The lowest BCUT2D eigenvalue weighted by atomic mass is 10.1. The minimum atomic E-state index is 0.482. The van der Waals surface area contributed by atoms with E-state index in [1.165, 1.54) is 19.3 Å². The van der Waals surface area contributed by atoms with Crippen LogP contribution in [0.25, 0.3) is 0 Å². The lowest BCUT2D eigenvalue weighted by molar-refractivity contribution is 0.109. The van der Waals surface area contributed by atoms with Gasteiger partial charge >= 0.3 is 0 Å². The van der Waals surface area contributed by atoms with E-state index < -0.39 is 0 Å². The fourth-order valence-corrected chi connectivity index (χ4v) is 1.94. The summed E-state index contributed by atoms with van der Waals surface area (Å²) in [6.45, 7) is 3.14. The maximum absolute atomic E-state index is 10.6. The Morgan fingerprint density at radius 2 is 2.14 bits per heavy atom. The molecule has 0 N–H and O–H groups in total. The summed E-state index contributed by atoms with van der Waals surface area (Å²) in [5, 5.41) is 0. The van der Waals surface area contributed by atoms with Gasteiger partial charge in [0.1, 0.15) is 0 Å². The molecule has 0 bridgehead atoms. The smallest absolute Gasteiger partial charge is 0.185 e. The van der Waals surface area contributed by atoms with Crippen molar-refractivity contribution in [3.05, 3.63) is 23.7 Å². The second-order valence-corrected chi connectivity index (χ2v) is 3.76. The normalized spacial score (nSPS) is 18.3. The van der Waals surface area contributed by atoms with Gasteiger partial charge in [-0.25, -0.2) is 0 Å². The number of rotatable bonds is 3. The zero-order valence-corrected chi connectivity index (χ0v) is 8.24. The summed E-state index contributed by atoms with van der Waals surface area (Å²) in [6, 6.07) is 1.89. The standard InChI is InChI=1S/C11H15NO2/c13-9-11-10(4-7-14-11)8-12-5-2-1-3-6-12/h4,7,9H,1-3,5-6,8H2. The van der Waals surface area contributed by atoms with Crippen molar-refractivity contribution in [1.82, 2.24) is 4.90 Å². The number of furan rings is 1. The van der Waals surface area contributed by atoms with Crippen molar-refractivity contribution in [3.8, 4) is 0 Å². The second kappa shape index (κ2) is 4.42. The maximum atomic E-state index is 10.6. The van der Waals surface area contributed by atoms with Crippen molar-refractivity contribution in [3.63, 3.8) is 0 Å². The molecule has 0 amide bonds. The van der Waals surface area contributed by atoms with E-state index in [0.29, 0.717) is 5.76 Å². The predicted octanol–water partition coefficient (Wildman–Crippen LogP) is 2.08. The summed E-state index contributed by atoms with van der Waals surface area (Å²) in [5.74, 6) is 0.482. The highest BCUT2D eigenvalue weighted by molar-refractivity contribution is 5.72. The van der Waals surface area contributed by atoms with Crippen LogP contribution in [-0.2, 0) is 6.54 Å². The molecule has 0 aliphatic carbocycles. The molecule has 1 aromatic rings. The first-order valence-corrected chi connectivity index (χ1v) is 5.14. The van der Waals surface area contributed by atoms with E-state index in [9.17, 15) is 4.79 Å². The monoisotopic (exact) mass is 193 g/mol. The Bertz CT molecular complexity index is 300. The molecular weight excluding hydrogens is 178 g/mol. The lowest BCUT2D eigenvalue weighted by Gasteiger charge is -2.25. The minimum absolute atomic E-state index is 0.482. The van der Waals surface area contributed by atoms with Crippen LogP contribution < -0.4 is 0 Å². The fraction of sp³-hybridized carbons (Fsp3) is 0.545. The number of aldehydes is 1.